The molecule has 9 nitrogen and oxygen atoms in total. The molecule has 174 valence electrons. The molecule has 0 spiro atoms. The maximum Gasteiger partial charge on any atom is 0.252 e. The second-order valence-corrected chi connectivity index (χ2v) is 8.29. The number of aliphatic hydroxyl groups is 1. The van der Waals surface area contributed by atoms with E-state index in [4.69, 9.17) is 4.42 Å². The van der Waals surface area contributed by atoms with Gasteiger partial charge in [-0.15, -0.1) is 5.10 Å². The van der Waals surface area contributed by atoms with Crippen molar-refractivity contribution in [1.29, 1.82) is 0 Å². The Kier molecular flexibility index (Phi) is 7.31. The lowest BCUT2D eigenvalue weighted by molar-refractivity contribution is 0.147. The summed E-state index contributed by atoms with van der Waals surface area (Å²) >= 11 is 0. The molecule has 9 heteroatoms. The Morgan fingerprint density at radius 2 is 2.15 bits per heavy atom. The number of hydrogen-bond donors (Lipinski definition) is 2. The van der Waals surface area contributed by atoms with Crippen LogP contribution in [0.2, 0.25) is 0 Å². The van der Waals surface area contributed by atoms with Gasteiger partial charge in [0.25, 0.3) is 5.56 Å². The van der Waals surface area contributed by atoms with Crippen molar-refractivity contribution in [2.24, 2.45) is 0 Å². The largest absolute Gasteiger partial charge is 0.467 e. The number of aliphatic hydroxyl groups excluding tert-OH is 1. The summed E-state index contributed by atoms with van der Waals surface area (Å²) in [6, 6.07) is 11.6. The summed E-state index contributed by atoms with van der Waals surface area (Å²) in [5.74, 6) is 1.49. The molecule has 0 aliphatic carbocycles. The number of fused-ring (bicyclic) bond motifs is 1. The maximum atomic E-state index is 13.0. The Labute approximate surface area is 192 Å². The SMILES string of the molecule is CCC[C@H](c1nnnn1Cc1ccco1)N(CCCO)Cc1cc2cccc(C)c2[nH]c1=O. The van der Waals surface area contributed by atoms with Crippen LogP contribution in [0.25, 0.3) is 10.9 Å². The number of furan rings is 1. The zero-order valence-electron chi connectivity index (χ0n) is 19.1. The van der Waals surface area contributed by atoms with Gasteiger partial charge in [-0.25, -0.2) is 4.68 Å². The van der Waals surface area contributed by atoms with Gasteiger partial charge in [0.05, 0.1) is 17.8 Å². The van der Waals surface area contributed by atoms with E-state index < -0.39 is 0 Å². The highest BCUT2D eigenvalue weighted by molar-refractivity contribution is 5.81. The van der Waals surface area contributed by atoms with E-state index in [0.29, 0.717) is 31.6 Å². The molecule has 3 heterocycles. The fourth-order valence-electron chi connectivity index (χ4n) is 4.25. The Morgan fingerprint density at radius 1 is 1.27 bits per heavy atom. The van der Waals surface area contributed by atoms with Gasteiger partial charge in [0.1, 0.15) is 12.3 Å². The van der Waals surface area contributed by atoms with Gasteiger partial charge in [-0.1, -0.05) is 31.5 Å². The van der Waals surface area contributed by atoms with Crippen LogP contribution in [-0.4, -0.2) is 48.3 Å². The lowest BCUT2D eigenvalue weighted by Crippen LogP contribution is -2.34. The van der Waals surface area contributed by atoms with Crippen LogP contribution in [-0.2, 0) is 13.1 Å². The van der Waals surface area contributed by atoms with Crippen molar-refractivity contribution in [2.75, 3.05) is 13.2 Å². The van der Waals surface area contributed by atoms with Crippen LogP contribution in [0, 0.1) is 6.92 Å². The predicted molar refractivity (Wildman–Crippen MR) is 125 cm³/mol. The molecule has 0 saturated heterocycles. The quantitative estimate of drug-likeness (QED) is 0.361. The number of pyridine rings is 1. The second-order valence-electron chi connectivity index (χ2n) is 8.29. The molecule has 0 saturated carbocycles. The molecule has 1 aromatic carbocycles. The van der Waals surface area contributed by atoms with Gasteiger partial charge in [-0.2, -0.15) is 0 Å². The number of para-hydroxylation sites is 1. The Morgan fingerprint density at radius 3 is 2.91 bits per heavy atom. The summed E-state index contributed by atoms with van der Waals surface area (Å²) in [6.45, 7) is 5.64. The first kappa shape index (κ1) is 22.9. The van der Waals surface area contributed by atoms with Crippen molar-refractivity contribution in [1.82, 2.24) is 30.1 Å². The number of rotatable bonds is 11. The molecule has 3 aromatic heterocycles. The number of aromatic amines is 1. The standard InChI is InChI=1S/C24H30N6O3/c1-3-7-21(23-26-27-28-30(23)16-20-10-5-13-33-20)29(11-6-12-31)15-19-14-18-9-4-8-17(2)22(18)25-24(19)32/h4-5,8-10,13-14,21,31H,3,6-7,11-12,15-16H2,1-2H3,(H,25,32)/t21-/m1/s1. The lowest BCUT2D eigenvalue weighted by Gasteiger charge is -2.30. The summed E-state index contributed by atoms with van der Waals surface area (Å²) in [7, 11) is 0. The monoisotopic (exact) mass is 450 g/mol. The van der Waals surface area contributed by atoms with Crippen LogP contribution in [0.3, 0.4) is 0 Å². The molecule has 33 heavy (non-hydrogen) atoms. The molecule has 0 unspecified atom stereocenters. The fourth-order valence-corrected chi connectivity index (χ4v) is 4.25. The van der Waals surface area contributed by atoms with E-state index in [0.717, 1.165) is 40.9 Å². The van der Waals surface area contributed by atoms with Crippen molar-refractivity contribution >= 4 is 10.9 Å². The van der Waals surface area contributed by atoms with Gasteiger partial charge < -0.3 is 14.5 Å². The number of aryl methyl sites for hydroxylation is 1. The first-order valence-corrected chi connectivity index (χ1v) is 11.4. The van der Waals surface area contributed by atoms with Crippen molar-refractivity contribution in [3.05, 3.63) is 75.7 Å². The van der Waals surface area contributed by atoms with Gasteiger partial charge in [0.2, 0.25) is 0 Å². The average Bonchev–Trinajstić information content (AvgIpc) is 3.49. The Hall–Kier alpha value is -3.30. The van der Waals surface area contributed by atoms with Crippen molar-refractivity contribution in [2.45, 2.75) is 52.2 Å². The minimum absolute atomic E-state index is 0.0694. The number of nitrogens with one attached hydrogen (secondary N) is 1. The molecule has 0 fully saturated rings. The number of aromatic nitrogens is 5. The van der Waals surface area contributed by atoms with Crippen molar-refractivity contribution in [3.63, 3.8) is 0 Å². The molecular weight excluding hydrogens is 420 g/mol. The van der Waals surface area contributed by atoms with Gasteiger partial charge in [-0.3, -0.25) is 9.69 Å². The molecule has 1 atom stereocenters. The molecule has 0 radical (unpaired) electrons. The Balaban J connectivity index is 1.68. The normalized spacial score (nSPS) is 12.6. The van der Waals surface area contributed by atoms with Gasteiger partial charge in [0.15, 0.2) is 5.82 Å². The van der Waals surface area contributed by atoms with E-state index >= 15 is 0 Å². The highest BCUT2D eigenvalue weighted by Gasteiger charge is 2.26. The molecule has 0 bridgehead atoms. The van der Waals surface area contributed by atoms with Gasteiger partial charge >= 0.3 is 0 Å². The number of hydrogen-bond acceptors (Lipinski definition) is 7. The van der Waals surface area contributed by atoms with Crippen molar-refractivity contribution in [3.8, 4) is 0 Å². The van der Waals surface area contributed by atoms with Crippen molar-refractivity contribution < 1.29 is 9.52 Å². The Bertz CT molecular complexity index is 1230. The van der Waals surface area contributed by atoms with Crippen LogP contribution < -0.4 is 5.56 Å². The van der Waals surface area contributed by atoms with E-state index in [9.17, 15) is 9.90 Å². The van der Waals surface area contributed by atoms with Crippen LogP contribution >= 0.6 is 0 Å². The molecular formula is C24H30N6O3. The van der Waals surface area contributed by atoms with E-state index in [1.807, 2.05) is 43.3 Å². The summed E-state index contributed by atoms with van der Waals surface area (Å²) in [6.07, 6.45) is 3.95. The topological polar surface area (TPSA) is 113 Å². The van der Waals surface area contributed by atoms with E-state index in [1.165, 1.54) is 0 Å². The van der Waals surface area contributed by atoms with E-state index in [2.05, 4.69) is 32.3 Å². The number of benzene rings is 1. The number of H-pyrrole nitrogens is 1. The molecule has 2 N–H and O–H groups in total. The average molecular weight is 451 g/mol. The number of tetrazole rings is 1. The maximum absolute atomic E-state index is 13.0. The zero-order chi connectivity index (χ0) is 23.2. The lowest BCUT2D eigenvalue weighted by atomic mass is 10.1. The minimum atomic E-state index is -0.112. The fraction of sp³-hybridized carbons (Fsp3) is 0.417. The molecule has 0 aliphatic rings. The van der Waals surface area contributed by atoms with Gasteiger partial charge in [0, 0.05) is 25.3 Å². The predicted octanol–water partition coefficient (Wildman–Crippen LogP) is 3.19. The third-order valence-corrected chi connectivity index (χ3v) is 5.89. The molecule has 4 aromatic rings. The third-order valence-electron chi connectivity index (χ3n) is 5.89. The summed E-state index contributed by atoms with van der Waals surface area (Å²) in [4.78, 5) is 18.2. The van der Waals surface area contributed by atoms with Crippen LogP contribution in [0.4, 0.5) is 0 Å². The van der Waals surface area contributed by atoms with Gasteiger partial charge in [-0.05, 0) is 59.3 Å². The third kappa shape index (κ3) is 5.20. The smallest absolute Gasteiger partial charge is 0.252 e. The summed E-state index contributed by atoms with van der Waals surface area (Å²) < 4.78 is 7.23. The number of nitrogens with zero attached hydrogens (tertiary/aromatic N) is 5. The first-order chi connectivity index (χ1) is 16.1. The van der Waals surface area contributed by atoms with E-state index in [1.54, 1.807) is 10.9 Å². The van der Waals surface area contributed by atoms with Crippen LogP contribution in [0.1, 0.15) is 54.9 Å². The zero-order valence-corrected chi connectivity index (χ0v) is 19.1. The minimum Gasteiger partial charge on any atom is -0.467 e. The summed E-state index contributed by atoms with van der Waals surface area (Å²) in [5.41, 5.74) is 2.48. The molecule has 0 aliphatic heterocycles. The molecule has 4 rings (SSSR count). The summed E-state index contributed by atoms with van der Waals surface area (Å²) in [5, 5.41) is 23.0. The second kappa shape index (κ2) is 10.5. The highest BCUT2D eigenvalue weighted by Crippen LogP contribution is 2.27. The van der Waals surface area contributed by atoms with Crippen LogP contribution in [0.5, 0.6) is 0 Å². The first-order valence-electron chi connectivity index (χ1n) is 11.4. The van der Waals surface area contributed by atoms with E-state index in [-0.39, 0.29) is 18.2 Å². The highest BCUT2D eigenvalue weighted by atomic mass is 16.3. The molecule has 0 amide bonds. The van der Waals surface area contributed by atoms with Crippen LogP contribution in [0.15, 0.2) is 51.9 Å².